The predicted octanol–water partition coefficient (Wildman–Crippen LogP) is 1.90. The summed E-state index contributed by atoms with van der Waals surface area (Å²) >= 11 is 5.92. The summed E-state index contributed by atoms with van der Waals surface area (Å²) in [4.78, 5) is 4.38. The van der Waals surface area contributed by atoms with Crippen molar-refractivity contribution in [2.45, 2.75) is 31.2 Å². The van der Waals surface area contributed by atoms with Gasteiger partial charge in [-0.25, -0.2) is 0 Å². The van der Waals surface area contributed by atoms with Gasteiger partial charge in [-0.2, -0.15) is 0 Å². The molecule has 1 aromatic heterocycles. The second-order valence-electron chi connectivity index (χ2n) is 4.79. The van der Waals surface area contributed by atoms with Gasteiger partial charge in [0, 0.05) is 19.1 Å². The molecule has 2 unspecified atom stereocenters. The van der Waals surface area contributed by atoms with E-state index in [0.717, 1.165) is 13.1 Å². The first-order valence-corrected chi connectivity index (χ1v) is 6.40. The highest BCUT2D eigenvalue weighted by atomic mass is 35.5. The van der Waals surface area contributed by atoms with Gasteiger partial charge in [0.15, 0.2) is 0 Å². The molecular formula is C11H19ClN4O. The van der Waals surface area contributed by atoms with Crippen LogP contribution in [-0.4, -0.2) is 48.3 Å². The van der Waals surface area contributed by atoms with E-state index < -0.39 is 0 Å². The number of alkyl halides is 1. The molecule has 1 fully saturated rings. The van der Waals surface area contributed by atoms with Crippen molar-refractivity contribution >= 4 is 17.6 Å². The van der Waals surface area contributed by atoms with E-state index in [4.69, 9.17) is 16.0 Å². The first-order valence-electron chi connectivity index (χ1n) is 5.96. The van der Waals surface area contributed by atoms with Crippen LogP contribution in [-0.2, 0) is 0 Å². The zero-order valence-electron chi connectivity index (χ0n) is 10.6. The molecule has 0 N–H and O–H groups in total. The lowest BCUT2D eigenvalue weighted by Crippen LogP contribution is -2.37. The van der Waals surface area contributed by atoms with Crippen molar-refractivity contribution in [2.75, 3.05) is 32.1 Å². The van der Waals surface area contributed by atoms with Gasteiger partial charge in [0.25, 0.3) is 0 Å². The van der Waals surface area contributed by atoms with Crippen LogP contribution in [0.2, 0.25) is 0 Å². The highest BCUT2D eigenvalue weighted by Crippen LogP contribution is 2.27. The van der Waals surface area contributed by atoms with Crippen LogP contribution in [0.25, 0.3) is 0 Å². The fraction of sp³-hybridized carbons (Fsp3) is 0.818. The highest BCUT2D eigenvalue weighted by Gasteiger charge is 2.29. The van der Waals surface area contributed by atoms with Crippen LogP contribution in [0.15, 0.2) is 4.42 Å². The third kappa shape index (κ3) is 2.90. The number of halogens is 1. The Balaban J connectivity index is 2.09. The minimum atomic E-state index is -0.230. The van der Waals surface area contributed by atoms with Crippen LogP contribution < -0.4 is 4.90 Å². The number of rotatable bonds is 4. The molecule has 96 valence electrons. The van der Waals surface area contributed by atoms with Gasteiger partial charge in [0.1, 0.15) is 5.38 Å². The van der Waals surface area contributed by atoms with Crippen LogP contribution >= 0.6 is 11.6 Å². The maximum Gasteiger partial charge on any atom is 0.318 e. The average molecular weight is 259 g/mol. The molecule has 2 heterocycles. The van der Waals surface area contributed by atoms with Crippen LogP contribution in [0.3, 0.4) is 0 Å². The number of hydrogen-bond acceptors (Lipinski definition) is 5. The van der Waals surface area contributed by atoms with Crippen molar-refractivity contribution in [1.29, 1.82) is 0 Å². The van der Waals surface area contributed by atoms with Crippen molar-refractivity contribution in [2.24, 2.45) is 0 Å². The van der Waals surface area contributed by atoms with Crippen molar-refractivity contribution in [1.82, 2.24) is 15.1 Å². The van der Waals surface area contributed by atoms with Crippen LogP contribution in [0.1, 0.15) is 31.0 Å². The van der Waals surface area contributed by atoms with Gasteiger partial charge in [0.05, 0.1) is 0 Å². The van der Waals surface area contributed by atoms with Gasteiger partial charge in [-0.15, -0.1) is 16.7 Å². The normalized spacial score (nSPS) is 22.4. The first-order chi connectivity index (χ1) is 8.08. The number of aromatic nitrogens is 2. The summed E-state index contributed by atoms with van der Waals surface area (Å²) in [5.74, 6) is 0.497. The monoisotopic (exact) mass is 258 g/mol. The van der Waals surface area contributed by atoms with Gasteiger partial charge >= 0.3 is 6.01 Å². The smallest absolute Gasteiger partial charge is 0.318 e. The Bertz CT molecular complexity index is 366. The number of anilines is 1. The Morgan fingerprint density at radius 2 is 2.29 bits per heavy atom. The molecule has 5 nitrogen and oxygen atoms in total. The second kappa shape index (κ2) is 5.23. The second-order valence-corrected chi connectivity index (χ2v) is 5.45. The van der Waals surface area contributed by atoms with Gasteiger partial charge in [0.2, 0.25) is 5.89 Å². The van der Waals surface area contributed by atoms with E-state index in [9.17, 15) is 0 Å². The fourth-order valence-corrected chi connectivity index (χ4v) is 2.29. The van der Waals surface area contributed by atoms with E-state index in [1.165, 1.54) is 12.8 Å². The third-order valence-corrected chi connectivity index (χ3v) is 3.16. The fourth-order valence-electron chi connectivity index (χ4n) is 2.20. The van der Waals surface area contributed by atoms with Crippen molar-refractivity contribution in [3.8, 4) is 0 Å². The largest absolute Gasteiger partial charge is 0.406 e. The number of likely N-dealkylation sites (N-methyl/N-ethyl adjacent to an activating group) is 1. The van der Waals surface area contributed by atoms with E-state index in [0.29, 0.717) is 17.9 Å². The minimum absolute atomic E-state index is 0.230. The Kier molecular flexibility index (Phi) is 3.89. The average Bonchev–Trinajstić information content (AvgIpc) is 2.83. The molecule has 1 saturated heterocycles. The summed E-state index contributed by atoms with van der Waals surface area (Å²) in [5, 5.41) is 7.82. The summed E-state index contributed by atoms with van der Waals surface area (Å²) in [7, 11) is 4.16. The molecule has 0 saturated carbocycles. The van der Waals surface area contributed by atoms with Crippen molar-refractivity contribution in [3.63, 3.8) is 0 Å². The van der Waals surface area contributed by atoms with Gasteiger partial charge in [-0.3, -0.25) is 0 Å². The maximum atomic E-state index is 5.92. The summed E-state index contributed by atoms with van der Waals surface area (Å²) in [6.07, 6.45) is 2.35. The first kappa shape index (κ1) is 12.6. The molecule has 2 atom stereocenters. The quantitative estimate of drug-likeness (QED) is 0.772. The maximum absolute atomic E-state index is 5.92. The van der Waals surface area contributed by atoms with Gasteiger partial charge in [-0.05, 0) is 33.9 Å². The molecule has 0 aliphatic carbocycles. The minimum Gasteiger partial charge on any atom is -0.406 e. The van der Waals surface area contributed by atoms with Gasteiger partial charge < -0.3 is 14.2 Å². The van der Waals surface area contributed by atoms with E-state index in [1.54, 1.807) is 0 Å². The molecule has 0 aromatic carbocycles. The molecular weight excluding hydrogens is 240 g/mol. The van der Waals surface area contributed by atoms with E-state index in [1.807, 2.05) is 6.92 Å². The summed E-state index contributed by atoms with van der Waals surface area (Å²) in [6.45, 7) is 3.82. The highest BCUT2D eigenvalue weighted by molar-refractivity contribution is 6.20. The van der Waals surface area contributed by atoms with Crippen LogP contribution in [0.5, 0.6) is 0 Å². The summed E-state index contributed by atoms with van der Waals surface area (Å²) < 4.78 is 5.59. The van der Waals surface area contributed by atoms with E-state index in [-0.39, 0.29) is 5.38 Å². The predicted molar refractivity (Wildman–Crippen MR) is 67.5 cm³/mol. The van der Waals surface area contributed by atoms with E-state index in [2.05, 4.69) is 34.1 Å². The Morgan fingerprint density at radius 1 is 1.53 bits per heavy atom. The summed E-state index contributed by atoms with van der Waals surface area (Å²) in [5.41, 5.74) is 0. The molecule has 0 spiro atoms. The zero-order valence-corrected chi connectivity index (χ0v) is 11.3. The number of hydrogen-bond donors (Lipinski definition) is 0. The molecule has 0 radical (unpaired) electrons. The molecule has 0 amide bonds. The van der Waals surface area contributed by atoms with Crippen molar-refractivity contribution < 1.29 is 4.42 Å². The molecule has 2 rings (SSSR count). The van der Waals surface area contributed by atoms with Crippen LogP contribution in [0, 0.1) is 0 Å². The Hall–Kier alpha value is -0.810. The summed E-state index contributed by atoms with van der Waals surface area (Å²) in [6, 6.07) is 1.07. The SMILES string of the molecule is CC(Cl)c1nnc(N2CCCC2CN(C)C)o1. The van der Waals surface area contributed by atoms with E-state index >= 15 is 0 Å². The zero-order chi connectivity index (χ0) is 12.4. The topological polar surface area (TPSA) is 45.4 Å². The Morgan fingerprint density at radius 3 is 2.88 bits per heavy atom. The molecule has 1 aliphatic heterocycles. The van der Waals surface area contributed by atoms with Crippen LogP contribution in [0.4, 0.5) is 6.01 Å². The molecule has 1 aromatic rings. The lowest BCUT2D eigenvalue weighted by molar-refractivity contribution is 0.363. The third-order valence-electron chi connectivity index (χ3n) is 2.97. The van der Waals surface area contributed by atoms with Crippen molar-refractivity contribution in [3.05, 3.63) is 5.89 Å². The molecule has 0 bridgehead atoms. The molecule has 1 aliphatic rings. The Labute approximate surface area is 107 Å². The standard InChI is InChI=1S/C11H19ClN4O/c1-8(12)10-13-14-11(17-10)16-6-4-5-9(16)7-15(2)3/h8-9H,4-7H2,1-3H3. The molecule has 17 heavy (non-hydrogen) atoms. The lowest BCUT2D eigenvalue weighted by atomic mass is 10.2. The van der Waals surface area contributed by atoms with Gasteiger partial charge in [-0.1, -0.05) is 5.10 Å². The lowest BCUT2D eigenvalue weighted by Gasteiger charge is -2.25. The molecule has 6 heteroatoms. The number of nitrogens with zero attached hydrogens (tertiary/aromatic N) is 4.